The van der Waals surface area contributed by atoms with E-state index in [0.717, 1.165) is 61.5 Å². The van der Waals surface area contributed by atoms with E-state index >= 15 is 0 Å². The summed E-state index contributed by atoms with van der Waals surface area (Å²) in [6.07, 6.45) is 0. The van der Waals surface area contributed by atoms with Crippen LogP contribution in [0.4, 0.5) is 17.1 Å². The number of nitrogens with zero attached hydrogens (tertiary/aromatic N) is 5. The minimum absolute atomic E-state index is 0.655. The molecule has 12 aromatic rings. The highest BCUT2D eigenvalue weighted by Gasteiger charge is 2.29. The van der Waals surface area contributed by atoms with Crippen molar-refractivity contribution in [3.63, 3.8) is 0 Å². The summed E-state index contributed by atoms with van der Waals surface area (Å²) in [5.41, 5.74) is 11.8. The fraction of sp³-hybridized carbons (Fsp3) is 0. The molecular formula is C50H29N5S. The molecule has 5 nitrogen and oxygen atoms in total. The molecule has 0 fully saturated rings. The maximum Gasteiger partial charge on any atom is 0.235 e. The van der Waals surface area contributed by atoms with E-state index in [0.29, 0.717) is 5.95 Å². The lowest BCUT2D eigenvalue weighted by Gasteiger charge is -2.32. The summed E-state index contributed by atoms with van der Waals surface area (Å²) in [5.74, 6) is 0.655. The van der Waals surface area contributed by atoms with Crippen molar-refractivity contribution in [2.45, 2.75) is 0 Å². The molecule has 1 aliphatic rings. The van der Waals surface area contributed by atoms with Gasteiger partial charge in [-0.15, -0.1) is 11.3 Å². The molecule has 5 heterocycles. The number of hydrogen-bond donors (Lipinski definition) is 0. The standard InChI is InChI=1S/C50H29N5S/c1-2-13-30(14-3-1)53-42-22-10-6-18-37(42)47-46-39(19-12-23-43(46)53)51-50(52-47)55-41-21-9-5-16-33(41)36-27-26-35-32-15-4-8-20-40(32)54(48(35)49(36)55)31-25-28-45-38(29-31)34-17-7-11-24-44(34)56-45/h1-29H. The van der Waals surface area contributed by atoms with Crippen molar-refractivity contribution in [3.05, 3.63) is 176 Å². The maximum atomic E-state index is 5.59. The van der Waals surface area contributed by atoms with Crippen LogP contribution in [0.3, 0.4) is 0 Å². The van der Waals surface area contributed by atoms with E-state index in [9.17, 15) is 0 Å². The van der Waals surface area contributed by atoms with Gasteiger partial charge in [-0.2, -0.15) is 0 Å². The highest BCUT2D eigenvalue weighted by Crippen LogP contribution is 2.50. The number of aromatic nitrogens is 4. The van der Waals surface area contributed by atoms with Crippen molar-refractivity contribution >= 4 is 103 Å². The van der Waals surface area contributed by atoms with Gasteiger partial charge < -0.3 is 9.47 Å². The lowest BCUT2D eigenvalue weighted by Crippen LogP contribution is -2.16. The minimum Gasteiger partial charge on any atom is -0.309 e. The molecule has 0 atom stereocenters. The Kier molecular flexibility index (Phi) is 5.98. The van der Waals surface area contributed by atoms with Crippen LogP contribution in [0, 0.1) is 0 Å². The number of benzene rings is 8. The first-order chi connectivity index (χ1) is 27.8. The molecule has 4 aromatic heterocycles. The van der Waals surface area contributed by atoms with Gasteiger partial charge in [0.2, 0.25) is 5.95 Å². The molecule has 0 N–H and O–H groups in total. The predicted octanol–water partition coefficient (Wildman–Crippen LogP) is 13.6. The predicted molar refractivity (Wildman–Crippen MR) is 235 cm³/mol. The Morgan fingerprint density at radius 1 is 0.411 bits per heavy atom. The Bertz CT molecular complexity index is 3610. The summed E-state index contributed by atoms with van der Waals surface area (Å²) in [6, 6.07) is 63.4. The van der Waals surface area contributed by atoms with Crippen LogP contribution >= 0.6 is 11.3 Å². The molecular weight excluding hydrogens is 703 g/mol. The summed E-state index contributed by atoms with van der Waals surface area (Å²) < 4.78 is 7.37. The number of thiophene rings is 1. The van der Waals surface area contributed by atoms with Crippen LogP contribution in [-0.4, -0.2) is 19.1 Å². The average Bonchev–Trinajstić information content (AvgIpc) is 3.91. The van der Waals surface area contributed by atoms with E-state index in [2.05, 4.69) is 190 Å². The van der Waals surface area contributed by atoms with Gasteiger partial charge in [-0.3, -0.25) is 4.57 Å². The SMILES string of the molecule is c1ccc(N2c3ccccc3-c3nc(-n4c5ccccc5c5ccc6c7ccccc7n(-c7ccc8sc9ccccc9c8c7)c6c54)nc4cccc2c34)cc1. The summed E-state index contributed by atoms with van der Waals surface area (Å²) in [6.45, 7) is 0. The first-order valence-electron chi connectivity index (χ1n) is 18.9. The number of anilines is 3. The van der Waals surface area contributed by atoms with E-state index in [4.69, 9.17) is 9.97 Å². The van der Waals surface area contributed by atoms with Crippen molar-refractivity contribution in [1.29, 1.82) is 0 Å². The Morgan fingerprint density at radius 3 is 1.88 bits per heavy atom. The van der Waals surface area contributed by atoms with Gasteiger partial charge in [-0.1, -0.05) is 109 Å². The smallest absolute Gasteiger partial charge is 0.235 e. The molecule has 0 amide bonds. The highest BCUT2D eigenvalue weighted by atomic mass is 32.1. The summed E-state index contributed by atoms with van der Waals surface area (Å²) in [4.78, 5) is 13.4. The Morgan fingerprint density at radius 2 is 1.05 bits per heavy atom. The van der Waals surface area contributed by atoms with Crippen LogP contribution in [0.1, 0.15) is 0 Å². The minimum atomic E-state index is 0.655. The van der Waals surface area contributed by atoms with Gasteiger partial charge in [-0.25, -0.2) is 9.97 Å². The summed E-state index contributed by atoms with van der Waals surface area (Å²) >= 11 is 1.85. The van der Waals surface area contributed by atoms with E-state index < -0.39 is 0 Å². The first kappa shape index (κ1) is 30.1. The molecule has 6 heteroatoms. The molecule has 0 saturated heterocycles. The number of para-hydroxylation sites is 4. The second-order valence-electron chi connectivity index (χ2n) is 14.6. The zero-order chi connectivity index (χ0) is 36.5. The van der Waals surface area contributed by atoms with Crippen molar-refractivity contribution in [2.75, 3.05) is 4.90 Å². The van der Waals surface area contributed by atoms with Gasteiger partial charge in [0.15, 0.2) is 0 Å². The molecule has 260 valence electrons. The molecule has 56 heavy (non-hydrogen) atoms. The second-order valence-corrected chi connectivity index (χ2v) is 15.7. The maximum absolute atomic E-state index is 5.59. The third-order valence-corrected chi connectivity index (χ3v) is 12.8. The number of hydrogen-bond acceptors (Lipinski definition) is 4. The molecule has 1 aliphatic heterocycles. The van der Waals surface area contributed by atoms with Gasteiger partial charge in [-0.05, 0) is 66.7 Å². The van der Waals surface area contributed by atoms with Crippen LogP contribution in [0.2, 0.25) is 0 Å². The van der Waals surface area contributed by atoms with Gasteiger partial charge in [0.1, 0.15) is 0 Å². The second kappa shape index (κ2) is 11.1. The molecule has 0 spiro atoms. The average molecular weight is 732 g/mol. The van der Waals surface area contributed by atoms with Crippen molar-refractivity contribution < 1.29 is 0 Å². The third-order valence-electron chi connectivity index (χ3n) is 11.6. The fourth-order valence-corrected chi connectivity index (χ4v) is 10.4. The Hall–Kier alpha value is -7.28. The van der Waals surface area contributed by atoms with E-state index in [1.807, 2.05) is 11.3 Å². The van der Waals surface area contributed by atoms with Crippen LogP contribution in [-0.2, 0) is 0 Å². The molecule has 0 unspecified atom stereocenters. The molecule has 8 aromatic carbocycles. The van der Waals surface area contributed by atoms with Gasteiger partial charge in [0.05, 0.1) is 50.0 Å². The van der Waals surface area contributed by atoms with Crippen LogP contribution in [0.25, 0.3) is 97.6 Å². The van der Waals surface area contributed by atoms with Crippen molar-refractivity contribution in [3.8, 4) is 22.9 Å². The first-order valence-corrected chi connectivity index (χ1v) is 19.7. The zero-order valence-corrected chi connectivity index (χ0v) is 30.7. The lowest BCUT2D eigenvalue weighted by molar-refractivity contribution is 1.01. The van der Waals surface area contributed by atoms with Crippen LogP contribution < -0.4 is 4.90 Å². The molecule has 13 rings (SSSR count). The molecule has 0 aliphatic carbocycles. The van der Waals surface area contributed by atoms with Gasteiger partial charge >= 0.3 is 0 Å². The lowest BCUT2D eigenvalue weighted by atomic mass is 9.96. The third kappa shape index (κ3) is 3.98. The number of fused-ring (bicyclic) bond motifs is 12. The quantitative estimate of drug-likeness (QED) is 0.182. The van der Waals surface area contributed by atoms with Gasteiger partial charge in [0, 0.05) is 58.7 Å². The topological polar surface area (TPSA) is 38.9 Å². The van der Waals surface area contributed by atoms with Crippen molar-refractivity contribution in [2.24, 2.45) is 0 Å². The van der Waals surface area contributed by atoms with Gasteiger partial charge in [0.25, 0.3) is 0 Å². The zero-order valence-electron chi connectivity index (χ0n) is 29.9. The van der Waals surface area contributed by atoms with Crippen LogP contribution in [0.15, 0.2) is 176 Å². The Balaban J connectivity index is 1.17. The fourth-order valence-electron chi connectivity index (χ4n) is 9.32. The molecule has 0 bridgehead atoms. The summed E-state index contributed by atoms with van der Waals surface area (Å²) in [7, 11) is 0. The Labute approximate surface area is 324 Å². The van der Waals surface area contributed by atoms with E-state index in [-0.39, 0.29) is 0 Å². The normalized spacial score (nSPS) is 12.6. The van der Waals surface area contributed by atoms with E-state index in [1.54, 1.807) is 0 Å². The van der Waals surface area contributed by atoms with Crippen molar-refractivity contribution in [1.82, 2.24) is 19.1 Å². The van der Waals surface area contributed by atoms with Crippen LogP contribution in [0.5, 0.6) is 0 Å². The monoisotopic (exact) mass is 731 g/mol. The highest BCUT2D eigenvalue weighted by molar-refractivity contribution is 7.25. The van der Waals surface area contributed by atoms with E-state index in [1.165, 1.54) is 47.2 Å². The molecule has 0 radical (unpaired) electrons. The number of rotatable bonds is 3. The molecule has 0 saturated carbocycles. The largest absolute Gasteiger partial charge is 0.309 e. The summed E-state index contributed by atoms with van der Waals surface area (Å²) in [5, 5.41) is 8.36.